The molecule has 79 heavy (non-hydrogen) atoms. The summed E-state index contributed by atoms with van der Waals surface area (Å²) in [4.78, 5) is 40.7. The van der Waals surface area contributed by atoms with Crippen molar-refractivity contribution in [3.8, 4) is 11.5 Å². The summed E-state index contributed by atoms with van der Waals surface area (Å²) in [6.45, 7) is 6.98. The number of benzene rings is 2. The van der Waals surface area contributed by atoms with E-state index in [9.17, 15) is 32.7 Å². The first-order valence-electron chi connectivity index (χ1n) is 25.1. The van der Waals surface area contributed by atoms with Crippen LogP contribution < -0.4 is 14.4 Å². The SMILES string of the molecule is O=C(CCOCCOCCOCCOCCn1cc(COCCOCCOCCOCCOc2ccc(C3CN(c4nc(Cl)nc5c4cnn5[C@@H]4O[C@H](COCP(=O)(O)O)[C@@H](O)[C@H]4O)C3)cc2)nn1)Oc1c(F)cc(F)cc1F. The molecule has 2 aromatic carbocycles. The molecule has 4 N–H and O–H groups in total. The third-order valence-corrected chi connectivity index (χ3v) is 12.4. The maximum Gasteiger partial charge on any atom is 0.350 e. The standard InChI is InChI=1S/C48H63ClF3N8O18P/c49-48-54-45(37-25-53-60(46(37)55-48)47-43(63)42(62)40(77-47)30-75-31-79(64,65)66)58-26-33(27-58)32-1-3-36(4-2-32)76-22-21-73-18-17-71-15-16-72-19-20-74-29-35-28-59(57-56-35)6-8-68-10-12-70-14-13-69-11-9-67-7-5-41(61)78-44-38(51)23-34(50)24-39(44)52/h1-4,23-25,28,33,40,42-43,47,62-63H,5-22,26-27,29-31H2,(H2,64,65,66)/t40-,42-,43-,47-/m1/s1. The second-order valence-electron chi connectivity index (χ2n) is 17.6. The van der Waals surface area contributed by atoms with Crippen LogP contribution in [0.1, 0.15) is 29.8 Å². The van der Waals surface area contributed by atoms with Gasteiger partial charge in [-0.05, 0) is 29.3 Å². The van der Waals surface area contributed by atoms with Crippen molar-refractivity contribution in [3.63, 3.8) is 0 Å². The van der Waals surface area contributed by atoms with Crippen molar-refractivity contribution < 1.29 is 99.4 Å². The number of carbonyl (C=O) groups is 1. The Kier molecular flexibility index (Phi) is 24.8. The largest absolute Gasteiger partial charge is 0.491 e. The van der Waals surface area contributed by atoms with Crippen molar-refractivity contribution >= 4 is 42.0 Å². The second-order valence-corrected chi connectivity index (χ2v) is 19.5. The molecule has 2 fully saturated rings. The summed E-state index contributed by atoms with van der Waals surface area (Å²) >= 11 is 6.33. The van der Waals surface area contributed by atoms with E-state index in [2.05, 4.69) is 30.1 Å². The van der Waals surface area contributed by atoms with E-state index in [1.807, 2.05) is 29.2 Å². The maximum absolute atomic E-state index is 13.6. The molecule has 0 aliphatic carbocycles. The smallest absolute Gasteiger partial charge is 0.350 e. The highest BCUT2D eigenvalue weighted by molar-refractivity contribution is 7.51. The van der Waals surface area contributed by atoms with E-state index in [-0.39, 0.29) is 56.3 Å². The van der Waals surface area contributed by atoms with Gasteiger partial charge in [-0.15, -0.1) is 5.10 Å². The molecule has 26 nitrogen and oxygen atoms in total. The van der Waals surface area contributed by atoms with Crippen LogP contribution in [0, 0.1) is 17.5 Å². The Balaban J connectivity index is 0.626. The number of anilines is 1. The maximum atomic E-state index is 13.6. The first-order valence-corrected chi connectivity index (χ1v) is 27.3. The Labute approximate surface area is 455 Å². The predicted molar refractivity (Wildman–Crippen MR) is 268 cm³/mol. The van der Waals surface area contributed by atoms with Crippen molar-refractivity contribution in [2.45, 2.75) is 50.0 Å². The van der Waals surface area contributed by atoms with Crippen LogP contribution in [-0.2, 0) is 69.9 Å². The number of fused-ring (bicyclic) bond motifs is 1. The number of aromatic nitrogens is 7. The molecule has 0 amide bonds. The van der Waals surface area contributed by atoms with Gasteiger partial charge in [0.1, 0.15) is 54.3 Å². The summed E-state index contributed by atoms with van der Waals surface area (Å²) in [7, 11) is -4.43. The van der Waals surface area contributed by atoms with Crippen LogP contribution in [0.15, 0.2) is 48.8 Å². The fourth-order valence-corrected chi connectivity index (χ4v) is 8.31. The monoisotopic (exact) mass is 1160 g/mol. The van der Waals surface area contributed by atoms with Crippen molar-refractivity contribution in [3.05, 3.63) is 82.8 Å². The van der Waals surface area contributed by atoms with Gasteiger partial charge in [-0.3, -0.25) is 9.36 Å². The van der Waals surface area contributed by atoms with Gasteiger partial charge in [0.25, 0.3) is 0 Å². The number of rotatable bonds is 38. The van der Waals surface area contributed by atoms with Crippen molar-refractivity contribution in [1.29, 1.82) is 0 Å². The molecule has 0 spiro atoms. The summed E-state index contributed by atoms with van der Waals surface area (Å²) in [6, 6.07) is 8.69. The molecule has 7 rings (SSSR count). The van der Waals surface area contributed by atoms with Gasteiger partial charge in [0.05, 0.1) is 143 Å². The molecule has 0 bridgehead atoms. The zero-order valence-electron chi connectivity index (χ0n) is 42.8. The van der Waals surface area contributed by atoms with Gasteiger partial charge < -0.3 is 81.7 Å². The molecule has 436 valence electrons. The number of ether oxygens (including phenoxy) is 12. The summed E-state index contributed by atoms with van der Waals surface area (Å²) < 4.78 is 120. The lowest BCUT2D eigenvalue weighted by Crippen LogP contribution is -2.45. The second kappa shape index (κ2) is 31.8. The molecule has 5 aromatic rings. The number of hydrogen-bond acceptors (Lipinski definition) is 22. The summed E-state index contributed by atoms with van der Waals surface area (Å²) in [5, 5.41) is 34.3. The molecule has 3 aromatic heterocycles. The lowest BCUT2D eigenvalue weighted by molar-refractivity contribution is -0.136. The Bertz CT molecular complexity index is 2670. The quantitative estimate of drug-likeness (QED) is 0.0145. The van der Waals surface area contributed by atoms with Crippen molar-refractivity contribution in [1.82, 2.24) is 34.7 Å². The first-order chi connectivity index (χ1) is 38.2. The number of nitrogens with zero attached hydrogens (tertiary/aromatic N) is 8. The Hall–Kier alpha value is -5.05. The van der Waals surface area contributed by atoms with Gasteiger partial charge in [-0.2, -0.15) is 15.1 Å². The third kappa shape index (κ3) is 19.9. The Morgan fingerprint density at radius 2 is 1.33 bits per heavy atom. The molecule has 2 saturated heterocycles. The first kappa shape index (κ1) is 61.6. The van der Waals surface area contributed by atoms with E-state index in [1.165, 1.54) is 10.9 Å². The number of hydrogen-bond donors (Lipinski definition) is 4. The lowest BCUT2D eigenvalue weighted by atomic mass is 9.91. The molecule has 5 heterocycles. The van der Waals surface area contributed by atoms with E-state index in [4.69, 9.17) is 73.5 Å². The van der Waals surface area contributed by atoms with Gasteiger partial charge in [-0.1, -0.05) is 17.3 Å². The molecule has 0 radical (unpaired) electrons. The van der Waals surface area contributed by atoms with Gasteiger partial charge in [0.15, 0.2) is 23.5 Å². The average molecular weight is 1160 g/mol. The van der Waals surface area contributed by atoms with Crippen molar-refractivity contribution in [2.75, 3.05) is 137 Å². The zero-order chi connectivity index (χ0) is 56.0. The summed E-state index contributed by atoms with van der Waals surface area (Å²) in [5.41, 5.74) is 2.06. The van der Waals surface area contributed by atoms with E-state index in [0.29, 0.717) is 140 Å². The predicted octanol–water partition coefficient (Wildman–Crippen LogP) is 2.57. The molecular weight excluding hydrogens is 1100 g/mol. The number of aliphatic hydroxyl groups is 2. The summed E-state index contributed by atoms with van der Waals surface area (Å²) in [5.74, 6) is -4.17. The van der Waals surface area contributed by atoms with Gasteiger partial charge in [-0.25, -0.2) is 22.5 Å². The molecule has 2 aliphatic heterocycles. The molecular formula is C48H63ClF3N8O18P. The van der Waals surface area contributed by atoms with Crippen LogP contribution in [0.25, 0.3) is 11.0 Å². The summed E-state index contributed by atoms with van der Waals surface area (Å²) in [6.07, 6.45) is -2.92. The molecule has 0 saturated carbocycles. The zero-order valence-corrected chi connectivity index (χ0v) is 44.5. The Morgan fingerprint density at radius 3 is 1.95 bits per heavy atom. The normalized spacial score (nSPS) is 17.7. The third-order valence-electron chi connectivity index (χ3n) is 11.7. The molecule has 2 aliphatic rings. The minimum absolute atomic E-state index is 0.0508. The van der Waals surface area contributed by atoms with Crippen LogP contribution in [0.2, 0.25) is 5.28 Å². The number of esters is 1. The minimum Gasteiger partial charge on any atom is -0.491 e. The molecule has 0 unspecified atom stereocenters. The highest BCUT2D eigenvalue weighted by Crippen LogP contribution is 2.39. The van der Waals surface area contributed by atoms with E-state index in [0.717, 1.165) is 5.56 Å². The van der Waals surface area contributed by atoms with Crippen LogP contribution in [0.5, 0.6) is 11.5 Å². The highest BCUT2D eigenvalue weighted by Gasteiger charge is 2.45. The topological polar surface area (TPSA) is 303 Å². The van der Waals surface area contributed by atoms with Crippen molar-refractivity contribution in [2.24, 2.45) is 0 Å². The lowest BCUT2D eigenvalue weighted by Gasteiger charge is -2.40. The van der Waals surface area contributed by atoms with Gasteiger partial charge >= 0.3 is 13.6 Å². The minimum atomic E-state index is -4.43. The van der Waals surface area contributed by atoms with Gasteiger partial charge in [0.2, 0.25) is 11.0 Å². The van der Waals surface area contributed by atoms with E-state index < -0.39 is 67.7 Å². The number of halogens is 4. The van der Waals surface area contributed by atoms with Crippen LogP contribution in [0.4, 0.5) is 19.0 Å². The van der Waals surface area contributed by atoms with E-state index in [1.54, 1.807) is 10.9 Å². The van der Waals surface area contributed by atoms with Crippen LogP contribution in [-0.4, -0.2) is 211 Å². The van der Waals surface area contributed by atoms with E-state index >= 15 is 0 Å². The van der Waals surface area contributed by atoms with Crippen LogP contribution in [0.3, 0.4) is 0 Å². The fraction of sp³-hybridized carbons (Fsp3) is 0.583. The van der Waals surface area contributed by atoms with Crippen LogP contribution >= 0.6 is 19.2 Å². The molecule has 31 heteroatoms. The number of carbonyl (C=O) groups excluding carboxylic acids is 1. The molecule has 4 atom stereocenters. The average Bonchev–Trinajstić information content (AvgIpc) is 4.25. The highest BCUT2D eigenvalue weighted by atomic mass is 35.5. The Morgan fingerprint density at radius 1 is 0.747 bits per heavy atom. The fourth-order valence-electron chi connectivity index (χ4n) is 7.80. The number of aliphatic hydroxyl groups excluding tert-OH is 2. The van der Waals surface area contributed by atoms with Gasteiger partial charge in [0, 0.05) is 31.1 Å².